The van der Waals surface area contributed by atoms with Crippen LogP contribution in [-0.2, 0) is 17.4 Å². The lowest BCUT2D eigenvalue weighted by Crippen LogP contribution is -2.21. The standard InChI is InChI=1S/C20H17ClF3N3OS/c1-12-3-2-4-15(7-12)25-11-18(28)27-19-26-10-16(29-19)9-13-8-14(20(22,23)24)5-6-17(13)21/h2-8,10,25H,9,11H2,1H3,(H,26,27,28). The molecule has 0 unspecified atom stereocenters. The predicted molar refractivity (Wildman–Crippen MR) is 110 cm³/mol. The molecule has 0 saturated carbocycles. The Kier molecular flexibility index (Phi) is 6.44. The average Bonchev–Trinajstić information content (AvgIpc) is 3.08. The van der Waals surface area contributed by atoms with E-state index < -0.39 is 11.7 Å². The van der Waals surface area contributed by atoms with Gasteiger partial charge in [0, 0.05) is 28.2 Å². The van der Waals surface area contributed by atoms with Crippen LogP contribution in [0, 0.1) is 6.92 Å². The number of halogens is 4. The Labute approximate surface area is 174 Å². The lowest BCUT2D eigenvalue weighted by atomic mass is 10.1. The summed E-state index contributed by atoms with van der Waals surface area (Å²) in [6.45, 7) is 2.02. The van der Waals surface area contributed by atoms with Gasteiger partial charge < -0.3 is 10.6 Å². The van der Waals surface area contributed by atoms with Crippen LogP contribution in [0.1, 0.15) is 21.6 Å². The van der Waals surface area contributed by atoms with Crippen molar-refractivity contribution in [1.29, 1.82) is 0 Å². The largest absolute Gasteiger partial charge is 0.416 e. The number of anilines is 2. The fraction of sp³-hybridized carbons (Fsp3) is 0.200. The number of aromatic nitrogens is 1. The Morgan fingerprint density at radius 3 is 2.72 bits per heavy atom. The second-order valence-electron chi connectivity index (χ2n) is 6.38. The molecule has 0 fully saturated rings. The van der Waals surface area contributed by atoms with Gasteiger partial charge >= 0.3 is 6.18 Å². The van der Waals surface area contributed by atoms with E-state index in [2.05, 4.69) is 15.6 Å². The molecule has 1 amide bonds. The van der Waals surface area contributed by atoms with Gasteiger partial charge in [-0.25, -0.2) is 4.98 Å². The molecule has 1 heterocycles. The number of carbonyl (C=O) groups is 1. The highest BCUT2D eigenvalue weighted by molar-refractivity contribution is 7.15. The number of aryl methyl sites for hydroxylation is 1. The van der Waals surface area contributed by atoms with Crippen LogP contribution >= 0.6 is 22.9 Å². The van der Waals surface area contributed by atoms with Gasteiger partial charge in [-0.05, 0) is 48.4 Å². The first-order chi connectivity index (χ1) is 13.7. The van der Waals surface area contributed by atoms with Gasteiger partial charge in [-0.3, -0.25) is 4.79 Å². The van der Waals surface area contributed by atoms with Crippen molar-refractivity contribution < 1.29 is 18.0 Å². The summed E-state index contributed by atoms with van der Waals surface area (Å²) in [5.41, 5.74) is 1.51. The van der Waals surface area contributed by atoms with E-state index >= 15 is 0 Å². The van der Waals surface area contributed by atoms with Crippen molar-refractivity contribution >= 4 is 39.7 Å². The van der Waals surface area contributed by atoms with E-state index in [0.717, 1.165) is 23.4 Å². The lowest BCUT2D eigenvalue weighted by Gasteiger charge is -2.09. The molecule has 4 nitrogen and oxygen atoms in total. The maximum absolute atomic E-state index is 12.9. The fourth-order valence-electron chi connectivity index (χ4n) is 2.62. The molecule has 0 atom stereocenters. The minimum atomic E-state index is -4.43. The van der Waals surface area contributed by atoms with Crippen LogP contribution in [-0.4, -0.2) is 17.4 Å². The number of thiazole rings is 1. The third-order valence-electron chi connectivity index (χ3n) is 4.01. The minimum Gasteiger partial charge on any atom is -0.376 e. The van der Waals surface area contributed by atoms with Crippen LogP contribution in [0.5, 0.6) is 0 Å². The van der Waals surface area contributed by atoms with Crippen LogP contribution in [0.15, 0.2) is 48.7 Å². The number of amides is 1. The second-order valence-corrected chi connectivity index (χ2v) is 7.91. The number of hydrogen-bond acceptors (Lipinski definition) is 4. The quantitative estimate of drug-likeness (QED) is 0.513. The van der Waals surface area contributed by atoms with E-state index in [9.17, 15) is 18.0 Å². The summed E-state index contributed by atoms with van der Waals surface area (Å²) >= 11 is 7.23. The molecule has 0 spiro atoms. The highest BCUT2D eigenvalue weighted by atomic mass is 35.5. The zero-order valence-corrected chi connectivity index (χ0v) is 16.9. The zero-order valence-electron chi connectivity index (χ0n) is 15.3. The SMILES string of the molecule is Cc1cccc(NCC(=O)Nc2ncc(Cc3cc(C(F)(F)F)ccc3Cl)s2)c1. The topological polar surface area (TPSA) is 54.0 Å². The Bertz CT molecular complexity index is 1020. The van der Waals surface area contributed by atoms with Crippen molar-refractivity contribution in [2.75, 3.05) is 17.2 Å². The number of carbonyl (C=O) groups excluding carboxylic acids is 1. The second kappa shape index (κ2) is 8.84. The maximum Gasteiger partial charge on any atom is 0.416 e. The van der Waals surface area contributed by atoms with E-state index in [-0.39, 0.29) is 23.9 Å². The highest BCUT2D eigenvalue weighted by Gasteiger charge is 2.30. The summed E-state index contributed by atoms with van der Waals surface area (Å²) in [6, 6.07) is 10.9. The molecule has 0 radical (unpaired) electrons. The van der Waals surface area contributed by atoms with Crippen molar-refractivity contribution in [2.24, 2.45) is 0 Å². The number of rotatable bonds is 6. The molecule has 3 aromatic rings. The van der Waals surface area contributed by atoms with E-state index in [1.54, 1.807) is 0 Å². The predicted octanol–water partition coefficient (Wildman–Crippen LogP) is 5.77. The first kappa shape index (κ1) is 21.1. The Hall–Kier alpha value is -2.58. The number of nitrogens with one attached hydrogen (secondary N) is 2. The van der Waals surface area contributed by atoms with Gasteiger partial charge in [-0.2, -0.15) is 13.2 Å². The first-order valence-electron chi connectivity index (χ1n) is 8.61. The molecule has 152 valence electrons. The van der Waals surface area contributed by atoms with Crippen molar-refractivity contribution in [3.05, 3.63) is 75.3 Å². The molecule has 9 heteroatoms. The highest BCUT2D eigenvalue weighted by Crippen LogP contribution is 2.33. The maximum atomic E-state index is 12.9. The van der Waals surface area contributed by atoms with Crippen LogP contribution in [0.3, 0.4) is 0 Å². The van der Waals surface area contributed by atoms with Crippen molar-refractivity contribution in [2.45, 2.75) is 19.5 Å². The van der Waals surface area contributed by atoms with Gasteiger partial charge in [0.05, 0.1) is 12.1 Å². The summed E-state index contributed by atoms with van der Waals surface area (Å²) in [5.74, 6) is -0.274. The molecule has 2 N–H and O–H groups in total. The Balaban J connectivity index is 1.60. The van der Waals surface area contributed by atoms with Crippen molar-refractivity contribution in [1.82, 2.24) is 4.98 Å². The Morgan fingerprint density at radius 2 is 2.00 bits per heavy atom. The number of benzene rings is 2. The summed E-state index contributed by atoms with van der Waals surface area (Å²) in [6.07, 6.45) is -2.72. The molecular formula is C20H17ClF3N3OS. The van der Waals surface area contributed by atoms with Crippen LogP contribution in [0.4, 0.5) is 24.0 Å². The van der Waals surface area contributed by atoms with E-state index in [1.165, 1.54) is 23.6 Å². The van der Waals surface area contributed by atoms with E-state index in [4.69, 9.17) is 11.6 Å². The van der Waals surface area contributed by atoms with Gasteiger partial charge in [-0.15, -0.1) is 11.3 Å². The molecule has 3 rings (SSSR count). The molecule has 0 aliphatic carbocycles. The molecule has 2 aromatic carbocycles. The summed E-state index contributed by atoms with van der Waals surface area (Å²) < 4.78 is 38.7. The molecule has 0 bridgehead atoms. The zero-order chi connectivity index (χ0) is 21.0. The summed E-state index contributed by atoms with van der Waals surface area (Å²) in [7, 11) is 0. The molecule has 0 aliphatic rings. The van der Waals surface area contributed by atoms with Gasteiger partial charge in [0.2, 0.25) is 5.91 Å². The van der Waals surface area contributed by atoms with Gasteiger partial charge in [0.25, 0.3) is 0 Å². The van der Waals surface area contributed by atoms with Crippen molar-refractivity contribution in [3.8, 4) is 0 Å². The van der Waals surface area contributed by atoms with Gasteiger partial charge in [0.1, 0.15) is 0 Å². The average molecular weight is 440 g/mol. The fourth-order valence-corrected chi connectivity index (χ4v) is 3.66. The number of alkyl halides is 3. The van der Waals surface area contributed by atoms with Crippen molar-refractivity contribution in [3.63, 3.8) is 0 Å². The Morgan fingerprint density at radius 1 is 1.21 bits per heavy atom. The van der Waals surface area contributed by atoms with Crippen LogP contribution in [0.2, 0.25) is 5.02 Å². The number of hydrogen-bond donors (Lipinski definition) is 2. The van der Waals surface area contributed by atoms with Gasteiger partial charge in [-0.1, -0.05) is 23.7 Å². The molecule has 0 saturated heterocycles. The van der Waals surface area contributed by atoms with E-state index in [0.29, 0.717) is 15.6 Å². The molecule has 29 heavy (non-hydrogen) atoms. The first-order valence-corrected chi connectivity index (χ1v) is 9.81. The van der Waals surface area contributed by atoms with Crippen LogP contribution < -0.4 is 10.6 Å². The summed E-state index contributed by atoms with van der Waals surface area (Å²) in [5, 5.41) is 6.32. The molecule has 1 aromatic heterocycles. The number of nitrogens with zero attached hydrogens (tertiary/aromatic N) is 1. The van der Waals surface area contributed by atoms with Crippen LogP contribution in [0.25, 0.3) is 0 Å². The summed E-state index contributed by atoms with van der Waals surface area (Å²) in [4.78, 5) is 16.9. The minimum absolute atomic E-state index is 0.0673. The normalized spacial score (nSPS) is 11.3. The third-order valence-corrected chi connectivity index (χ3v) is 5.29. The smallest absolute Gasteiger partial charge is 0.376 e. The lowest BCUT2D eigenvalue weighted by molar-refractivity contribution is -0.137. The molecular weight excluding hydrogens is 423 g/mol. The third kappa shape index (κ3) is 5.95. The van der Waals surface area contributed by atoms with E-state index in [1.807, 2.05) is 31.2 Å². The molecule has 0 aliphatic heterocycles. The van der Waals surface area contributed by atoms with Gasteiger partial charge in [0.15, 0.2) is 5.13 Å². The monoisotopic (exact) mass is 439 g/mol.